The number of nitrogens with zero attached hydrogens (tertiary/aromatic N) is 2. The smallest absolute Gasteiger partial charge is 0.343 e. The number of hydrogen-bond acceptors (Lipinski definition) is 5. The van der Waals surface area contributed by atoms with Crippen LogP contribution >= 0.6 is 0 Å². The summed E-state index contributed by atoms with van der Waals surface area (Å²) in [6.45, 7) is 0. The van der Waals surface area contributed by atoms with Crippen LogP contribution in [0, 0.1) is 11.3 Å². The minimum absolute atomic E-state index is 0.0214. The van der Waals surface area contributed by atoms with Gasteiger partial charge in [-0.1, -0.05) is 30.3 Å². The summed E-state index contributed by atoms with van der Waals surface area (Å²) in [5, 5.41) is 8.87. The molecule has 0 atom stereocenters. The van der Waals surface area contributed by atoms with Crippen molar-refractivity contribution in [3.63, 3.8) is 0 Å². The largest absolute Gasteiger partial charge is 0.423 e. The molecule has 7 heteroatoms. The van der Waals surface area contributed by atoms with Gasteiger partial charge in [0, 0.05) is 14.1 Å². The van der Waals surface area contributed by atoms with Crippen molar-refractivity contribution in [1.29, 1.82) is 5.26 Å². The van der Waals surface area contributed by atoms with Crippen LogP contribution in [0.3, 0.4) is 0 Å². The van der Waals surface area contributed by atoms with E-state index in [1.54, 1.807) is 36.4 Å². The van der Waals surface area contributed by atoms with Gasteiger partial charge in [0.2, 0.25) is 10.0 Å². The molecule has 0 spiro atoms. The van der Waals surface area contributed by atoms with Gasteiger partial charge in [-0.3, -0.25) is 0 Å². The Morgan fingerprint density at radius 2 is 1.52 bits per heavy atom. The molecule has 0 aromatic heterocycles. The standard InChI is InChI=1S/C22H18N2O4S/c1-24(2)29(26,27)21-5-3-4-19(14-21)22(25)28-20-12-10-18(11-13-20)17-8-6-16(15-23)7-9-17/h3-14H,1-2H3. The van der Waals surface area contributed by atoms with Crippen LogP contribution in [-0.4, -0.2) is 32.8 Å². The summed E-state index contributed by atoms with van der Waals surface area (Å²) in [5.74, 6) is -0.305. The fourth-order valence-electron chi connectivity index (χ4n) is 2.61. The molecule has 0 saturated carbocycles. The van der Waals surface area contributed by atoms with Gasteiger partial charge in [0.25, 0.3) is 0 Å². The number of rotatable bonds is 5. The lowest BCUT2D eigenvalue weighted by molar-refractivity contribution is 0.0734. The highest BCUT2D eigenvalue weighted by molar-refractivity contribution is 7.89. The normalized spacial score (nSPS) is 11.1. The maximum absolute atomic E-state index is 12.4. The van der Waals surface area contributed by atoms with Crippen molar-refractivity contribution in [1.82, 2.24) is 4.31 Å². The molecule has 0 aliphatic heterocycles. The third kappa shape index (κ3) is 4.51. The molecule has 3 aromatic rings. The first-order chi connectivity index (χ1) is 13.8. The van der Waals surface area contributed by atoms with Crippen LogP contribution in [-0.2, 0) is 10.0 Å². The first-order valence-electron chi connectivity index (χ1n) is 8.66. The van der Waals surface area contributed by atoms with Gasteiger partial charge < -0.3 is 4.74 Å². The van der Waals surface area contributed by atoms with Crippen LogP contribution in [0.25, 0.3) is 11.1 Å². The van der Waals surface area contributed by atoms with Gasteiger partial charge in [-0.15, -0.1) is 0 Å². The van der Waals surface area contributed by atoms with Gasteiger partial charge in [-0.25, -0.2) is 17.5 Å². The van der Waals surface area contributed by atoms with E-state index < -0.39 is 16.0 Å². The predicted octanol–water partition coefficient (Wildman–Crippen LogP) is 3.69. The van der Waals surface area contributed by atoms with Crippen LogP contribution in [0.2, 0.25) is 0 Å². The Morgan fingerprint density at radius 3 is 2.07 bits per heavy atom. The summed E-state index contributed by atoms with van der Waals surface area (Å²) < 4.78 is 30.9. The molecule has 0 heterocycles. The Balaban J connectivity index is 1.77. The number of esters is 1. The first kappa shape index (κ1) is 20.3. The number of hydrogen-bond donors (Lipinski definition) is 0. The minimum atomic E-state index is -3.64. The molecule has 6 nitrogen and oxygen atoms in total. The quantitative estimate of drug-likeness (QED) is 0.476. The molecular formula is C22H18N2O4S. The Hall–Kier alpha value is -3.47. The topological polar surface area (TPSA) is 87.5 Å². The van der Waals surface area contributed by atoms with E-state index in [2.05, 4.69) is 6.07 Å². The molecule has 3 aromatic carbocycles. The number of carbonyl (C=O) groups excluding carboxylic acids is 1. The maximum Gasteiger partial charge on any atom is 0.343 e. The molecule has 0 amide bonds. The molecule has 0 fully saturated rings. The minimum Gasteiger partial charge on any atom is -0.423 e. The van der Waals surface area contributed by atoms with Gasteiger partial charge in [0.15, 0.2) is 0 Å². The molecule has 0 aliphatic rings. The van der Waals surface area contributed by atoms with E-state index in [1.807, 2.05) is 12.1 Å². The number of carbonyl (C=O) groups is 1. The molecule has 0 saturated heterocycles. The van der Waals surface area contributed by atoms with Crippen molar-refractivity contribution in [2.75, 3.05) is 14.1 Å². The number of ether oxygens (including phenoxy) is 1. The lowest BCUT2D eigenvalue weighted by Crippen LogP contribution is -2.22. The van der Waals surface area contributed by atoms with Crippen LogP contribution < -0.4 is 4.74 Å². The van der Waals surface area contributed by atoms with Gasteiger partial charge in [0.05, 0.1) is 22.1 Å². The Labute approximate surface area is 169 Å². The van der Waals surface area contributed by atoms with E-state index in [1.165, 1.54) is 38.4 Å². The van der Waals surface area contributed by atoms with E-state index in [9.17, 15) is 13.2 Å². The number of sulfonamides is 1. The predicted molar refractivity (Wildman–Crippen MR) is 109 cm³/mol. The molecule has 0 bridgehead atoms. The van der Waals surface area contributed by atoms with E-state index >= 15 is 0 Å². The van der Waals surface area contributed by atoms with Crippen molar-refractivity contribution >= 4 is 16.0 Å². The molecule has 0 aliphatic carbocycles. The second kappa shape index (κ2) is 8.27. The molecule has 29 heavy (non-hydrogen) atoms. The molecule has 0 radical (unpaired) electrons. The van der Waals surface area contributed by atoms with E-state index in [0.717, 1.165) is 15.4 Å². The average Bonchev–Trinajstić information content (AvgIpc) is 2.74. The Bertz CT molecular complexity index is 1180. The zero-order valence-electron chi connectivity index (χ0n) is 15.9. The highest BCUT2D eigenvalue weighted by Gasteiger charge is 2.19. The maximum atomic E-state index is 12.4. The van der Waals surface area contributed by atoms with Gasteiger partial charge >= 0.3 is 5.97 Å². The van der Waals surface area contributed by atoms with E-state index in [4.69, 9.17) is 10.00 Å². The van der Waals surface area contributed by atoms with Gasteiger partial charge in [-0.05, 0) is 53.6 Å². The Kier molecular flexibility index (Phi) is 5.78. The highest BCUT2D eigenvalue weighted by Crippen LogP contribution is 2.24. The van der Waals surface area contributed by atoms with Gasteiger partial charge in [0.1, 0.15) is 5.75 Å². The molecule has 3 rings (SSSR count). The third-order valence-corrected chi connectivity index (χ3v) is 6.07. The molecular weight excluding hydrogens is 388 g/mol. The summed E-state index contributed by atoms with van der Waals surface area (Å²) in [4.78, 5) is 12.4. The van der Waals surface area contributed by atoms with Crippen LogP contribution in [0.15, 0.2) is 77.7 Å². The molecule has 0 unspecified atom stereocenters. The van der Waals surface area contributed by atoms with Crippen LogP contribution in [0.4, 0.5) is 0 Å². The fourth-order valence-corrected chi connectivity index (χ4v) is 3.56. The highest BCUT2D eigenvalue weighted by atomic mass is 32.2. The van der Waals surface area contributed by atoms with E-state index in [0.29, 0.717) is 11.3 Å². The van der Waals surface area contributed by atoms with Crippen molar-refractivity contribution < 1.29 is 17.9 Å². The Morgan fingerprint density at radius 1 is 0.931 bits per heavy atom. The summed E-state index contributed by atoms with van der Waals surface area (Å²) in [7, 11) is -0.789. The third-order valence-electron chi connectivity index (χ3n) is 4.26. The van der Waals surface area contributed by atoms with Crippen molar-refractivity contribution in [2.24, 2.45) is 0 Å². The zero-order valence-corrected chi connectivity index (χ0v) is 16.7. The summed E-state index contributed by atoms with van der Waals surface area (Å²) in [6.07, 6.45) is 0. The lowest BCUT2D eigenvalue weighted by atomic mass is 10.0. The van der Waals surface area contributed by atoms with Crippen molar-refractivity contribution in [2.45, 2.75) is 4.90 Å². The van der Waals surface area contributed by atoms with Crippen LogP contribution in [0.5, 0.6) is 5.75 Å². The number of benzene rings is 3. The summed E-state index contributed by atoms with van der Waals surface area (Å²) >= 11 is 0. The van der Waals surface area contributed by atoms with Crippen molar-refractivity contribution in [3.05, 3.63) is 83.9 Å². The summed E-state index contributed by atoms with van der Waals surface area (Å²) in [5.41, 5.74) is 2.57. The second-order valence-electron chi connectivity index (χ2n) is 6.42. The second-order valence-corrected chi connectivity index (χ2v) is 8.57. The van der Waals surface area contributed by atoms with Gasteiger partial charge in [-0.2, -0.15) is 5.26 Å². The van der Waals surface area contributed by atoms with Crippen LogP contribution in [0.1, 0.15) is 15.9 Å². The molecule has 146 valence electrons. The average molecular weight is 406 g/mol. The zero-order chi connectivity index (χ0) is 21.0. The summed E-state index contributed by atoms with van der Waals surface area (Å²) in [6, 6.07) is 21.9. The molecule has 0 N–H and O–H groups in total. The van der Waals surface area contributed by atoms with Crippen molar-refractivity contribution in [3.8, 4) is 22.9 Å². The van der Waals surface area contributed by atoms with E-state index in [-0.39, 0.29) is 10.5 Å². The number of nitriles is 1. The fraction of sp³-hybridized carbons (Fsp3) is 0.0909. The SMILES string of the molecule is CN(C)S(=O)(=O)c1cccc(C(=O)Oc2ccc(-c3ccc(C#N)cc3)cc2)c1. The first-order valence-corrected chi connectivity index (χ1v) is 10.1. The monoisotopic (exact) mass is 406 g/mol. The lowest BCUT2D eigenvalue weighted by Gasteiger charge is -2.12.